The van der Waals surface area contributed by atoms with Gasteiger partial charge in [0.05, 0.1) is 0 Å². The third kappa shape index (κ3) is 4.20. The molecule has 0 heterocycles. The fourth-order valence-corrected chi connectivity index (χ4v) is 9.53. The van der Waals surface area contributed by atoms with Crippen LogP contribution in [0.1, 0.15) is 0 Å². The second kappa shape index (κ2) is 11.2. The third-order valence-electron chi connectivity index (χ3n) is 12.0. The Hall–Kier alpha value is -7.02. The van der Waals surface area contributed by atoms with Gasteiger partial charge in [-0.15, -0.1) is 0 Å². The van der Waals surface area contributed by atoms with Crippen LogP contribution in [0.4, 0.5) is 0 Å². The Morgan fingerprint density at radius 1 is 0.204 bits per heavy atom. The largest absolute Gasteiger partial charge is 0.0622 e. The molecule has 12 aromatic rings. The summed E-state index contributed by atoms with van der Waals surface area (Å²) in [7, 11) is 0. The first-order valence-electron chi connectivity index (χ1n) is 18.8. The molecule has 0 aromatic heterocycles. The summed E-state index contributed by atoms with van der Waals surface area (Å²) in [5, 5.41) is 18.2. The van der Waals surface area contributed by atoms with Gasteiger partial charge in [0.25, 0.3) is 0 Å². The van der Waals surface area contributed by atoms with Crippen molar-refractivity contribution in [2.24, 2.45) is 0 Å². The van der Waals surface area contributed by atoms with Gasteiger partial charge in [-0.3, -0.25) is 0 Å². The molecule has 54 heavy (non-hydrogen) atoms. The number of benzene rings is 12. The van der Waals surface area contributed by atoms with Crippen LogP contribution in [-0.2, 0) is 0 Å². The van der Waals surface area contributed by atoms with E-state index in [1.54, 1.807) is 0 Å². The van der Waals surface area contributed by atoms with Gasteiger partial charge in [-0.25, -0.2) is 0 Å². The van der Waals surface area contributed by atoms with Crippen molar-refractivity contribution in [1.82, 2.24) is 0 Å². The second-order valence-corrected chi connectivity index (χ2v) is 14.8. The van der Waals surface area contributed by atoms with Crippen LogP contribution in [0.25, 0.3) is 120 Å². The van der Waals surface area contributed by atoms with Gasteiger partial charge >= 0.3 is 0 Å². The Balaban J connectivity index is 1.12. The molecule has 0 fully saturated rings. The highest BCUT2D eigenvalue weighted by Gasteiger charge is 2.20. The minimum Gasteiger partial charge on any atom is -0.0622 e. The van der Waals surface area contributed by atoms with Crippen LogP contribution in [0, 0.1) is 0 Å². The highest BCUT2D eigenvalue weighted by molar-refractivity contribution is 6.27. The maximum absolute atomic E-state index is 2.45. The zero-order valence-electron chi connectivity index (χ0n) is 29.5. The van der Waals surface area contributed by atoms with Crippen molar-refractivity contribution in [2.75, 3.05) is 0 Å². The summed E-state index contributed by atoms with van der Waals surface area (Å²) in [5.41, 5.74) is 9.96. The zero-order valence-corrected chi connectivity index (χ0v) is 29.5. The topological polar surface area (TPSA) is 0 Å². The fraction of sp³-hybridized carbons (Fsp3) is 0. The number of fused-ring (bicyclic) bond motifs is 1. The highest BCUT2D eigenvalue weighted by Crippen LogP contribution is 2.47. The lowest BCUT2D eigenvalue weighted by Gasteiger charge is -2.21. The van der Waals surface area contributed by atoms with Gasteiger partial charge in [-0.05, 0) is 126 Å². The molecule has 0 unspecified atom stereocenters. The van der Waals surface area contributed by atoms with E-state index in [1.807, 2.05) is 0 Å². The molecule has 0 aliphatic rings. The number of hydrogen-bond acceptors (Lipinski definition) is 0. The molecule has 0 N–H and O–H groups in total. The minimum absolute atomic E-state index is 1.22. The van der Waals surface area contributed by atoms with Gasteiger partial charge in [0.15, 0.2) is 0 Å². The van der Waals surface area contributed by atoms with Crippen molar-refractivity contribution >= 4 is 75.4 Å². The Morgan fingerprint density at radius 3 is 1.26 bits per heavy atom. The summed E-state index contributed by atoms with van der Waals surface area (Å²) in [4.78, 5) is 0. The van der Waals surface area contributed by atoms with E-state index in [2.05, 4.69) is 194 Å². The van der Waals surface area contributed by atoms with Crippen LogP contribution in [0.15, 0.2) is 194 Å². The van der Waals surface area contributed by atoms with E-state index in [4.69, 9.17) is 0 Å². The average Bonchev–Trinajstić information content (AvgIpc) is 3.24. The SMILES string of the molecule is c1ccc(-c2cc(-c3ccc4ccc5cccc6ccc3c4c56)c(-c3ccc(-c4ccc5ccc6cccc7ccc4c5c67)cc3)c3ccccc23)cc1. The molecule has 0 heteroatoms. The molecule has 0 saturated carbocycles. The minimum atomic E-state index is 1.22. The molecule has 0 saturated heterocycles. The molecule has 0 spiro atoms. The van der Waals surface area contributed by atoms with Crippen LogP contribution < -0.4 is 0 Å². The van der Waals surface area contributed by atoms with Crippen molar-refractivity contribution in [1.29, 1.82) is 0 Å². The van der Waals surface area contributed by atoms with Gasteiger partial charge in [-0.2, -0.15) is 0 Å². The van der Waals surface area contributed by atoms with E-state index in [0.29, 0.717) is 0 Å². The van der Waals surface area contributed by atoms with E-state index >= 15 is 0 Å². The molecule has 12 aromatic carbocycles. The number of rotatable bonds is 4. The van der Waals surface area contributed by atoms with Gasteiger partial charge in [0, 0.05) is 0 Å². The first-order chi connectivity index (χ1) is 26.8. The molecule has 0 radical (unpaired) electrons. The van der Waals surface area contributed by atoms with Gasteiger partial charge in [-0.1, -0.05) is 188 Å². The van der Waals surface area contributed by atoms with Crippen LogP contribution in [0.3, 0.4) is 0 Å². The summed E-state index contributed by atoms with van der Waals surface area (Å²) in [6.45, 7) is 0. The Labute approximate surface area is 312 Å². The fourth-order valence-electron chi connectivity index (χ4n) is 9.53. The normalized spacial score (nSPS) is 12.1. The molecular formula is C54H32. The zero-order chi connectivity index (χ0) is 35.3. The summed E-state index contributed by atoms with van der Waals surface area (Å²) in [5.74, 6) is 0. The molecule has 0 aliphatic heterocycles. The average molecular weight is 681 g/mol. The summed E-state index contributed by atoms with van der Waals surface area (Å²) in [6, 6.07) is 72.5. The smallest absolute Gasteiger partial charge is 0.00206 e. The van der Waals surface area contributed by atoms with Crippen LogP contribution in [0.2, 0.25) is 0 Å². The van der Waals surface area contributed by atoms with Crippen LogP contribution >= 0.6 is 0 Å². The molecule has 0 bridgehead atoms. The van der Waals surface area contributed by atoms with E-state index < -0.39 is 0 Å². The predicted molar refractivity (Wildman–Crippen MR) is 233 cm³/mol. The molecule has 0 amide bonds. The van der Waals surface area contributed by atoms with E-state index in [9.17, 15) is 0 Å². The standard InChI is InChI=1S/C54H32/c1-2-8-33(9-3-1)48-32-49(44-29-25-41-23-21-36-11-7-13-38-27-31-47(44)54(41)51(36)38)52(45-15-5-4-14-43(45)48)39-18-16-34(17-19-39)42-28-24-40-22-20-35-10-6-12-37-26-30-46(42)53(40)50(35)37/h1-32H. The molecule has 12 rings (SSSR count). The molecule has 0 nitrogen and oxygen atoms in total. The second-order valence-electron chi connectivity index (χ2n) is 14.8. The third-order valence-corrected chi connectivity index (χ3v) is 12.0. The predicted octanol–water partition coefficient (Wildman–Crippen LogP) is 15.3. The Bertz CT molecular complexity index is 3370. The lowest BCUT2D eigenvalue weighted by atomic mass is 9.82. The first kappa shape index (κ1) is 29.5. The van der Waals surface area contributed by atoms with Crippen molar-refractivity contribution in [3.63, 3.8) is 0 Å². The lowest BCUT2D eigenvalue weighted by molar-refractivity contribution is 1.60. The van der Waals surface area contributed by atoms with Crippen molar-refractivity contribution < 1.29 is 0 Å². The highest BCUT2D eigenvalue weighted by atomic mass is 14.2. The molecule has 0 aliphatic carbocycles. The maximum Gasteiger partial charge on any atom is -0.00206 e. The van der Waals surface area contributed by atoms with Crippen LogP contribution in [-0.4, -0.2) is 0 Å². The quantitative estimate of drug-likeness (QED) is 0.162. The maximum atomic E-state index is 2.45. The van der Waals surface area contributed by atoms with Crippen LogP contribution in [0.5, 0.6) is 0 Å². The van der Waals surface area contributed by atoms with Gasteiger partial charge in [0.1, 0.15) is 0 Å². The van der Waals surface area contributed by atoms with Crippen molar-refractivity contribution in [3.8, 4) is 44.5 Å². The Morgan fingerprint density at radius 2 is 0.648 bits per heavy atom. The lowest BCUT2D eigenvalue weighted by Crippen LogP contribution is -1.94. The number of hydrogen-bond donors (Lipinski definition) is 0. The van der Waals surface area contributed by atoms with E-state index in [1.165, 1.54) is 120 Å². The van der Waals surface area contributed by atoms with Crippen molar-refractivity contribution in [3.05, 3.63) is 194 Å². The first-order valence-corrected chi connectivity index (χ1v) is 18.8. The summed E-state index contributed by atoms with van der Waals surface area (Å²) >= 11 is 0. The van der Waals surface area contributed by atoms with E-state index in [-0.39, 0.29) is 0 Å². The summed E-state index contributed by atoms with van der Waals surface area (Å²) < 4.78 is 0. The molecular weight excluding hydrogens is 649 g/mol. The molecule has 248 valence electrons. The van der Waals surface area contributed by atoms with Crippen molar-refractivity contribution in [2.45, 2.75) is 0 Å². The summed E-state index contributed by atoms with van der Waals surface area (Å²) in [6.07, 6.45) is 0. The Kier molecular flexibility index (Phi) is 6.15. The monoisotopic (exact) mass is 680 g/mol. The van der Waals surface area contributed by atoms with Gasteiger partial charge < -0.3 is 0 Å². The molecule has 0 atom stereocenters. The van der Waals surface area contributed by atoms with Gasteiger partial charge in [0.2, 0.25) is 0 Å². The van der Waals surface area contributed by atoms with E-state index in [0.717, 1.165) is 0 Å².